The van der Waals surface area contributed by atoms with Gasteiger partial charge in [-0.1, -0.05) is 0 Å². The average molecular weight is 276 g/mol. The molecule has 0 aliphatic heterocycles. The van der Waals surface area contributed by atoms with Crippen molar-refractivity contribution >= 4 is 20.8 Å². The Morgan fingerprint density at radius 3 is 2.95 bits per heavy atom. The number of benzene rings is 1. The van der Waals surface area contributed by atoms with Gasteiger partial charge in [-0.05, 0) is 30.3 Å². The molecule has 1 aromatic carbocycles. The molecule has 19 heavy (non-hydrogen) atoms. The summed E-state index contributed by atoms with van der Waals surface area (Å²) in [5.41, 5.74) is 0.686. The Bertz CT molecular complexity index is 788. The van der Waals surface area contributed by atoms with E-state index in [1.54, 1.807) is 53.7 Å². The lowest BCUT2D eigenvalue weighted by Crippen LogP contribution is -2.13. The topological polar surface area (TPSA) is 65.1 Å². The molecule has 2 heterocycles. The fraction of sp³-hybridized carbons (Fsp3) is 0.154. The second-order valence-corrected chi connectivity index (χ2v) is 6.32. The summed E-state index contributed by atoms with van der Waals surface area (Å²) in [5.74, 6) is 0.0258. The number of hydrogen-bond acceptors (Lipinski definition) is 4. The Morgan fingerprint density at radius 1 is 1.26 bits per heavy atom. The van der Waals surface area contributed by atoms with Crippen molar-refractivity contribution in [1.29, 1.82) is 0 Å². The van der Waals surface area contributed by atoms with Crippen LogP contribution in [0, 0.1) is 0 Å². The largest absolute Gasteiger partial charge is 0.464 e. The quantitative estimate of drug-likeness (QED) is 0.732. The first-order chi connectivity index (χ1) is 9.15. The first-order valence-electron chi connectivity index (χ1n) is 5.83. The zero-order valence-electron chi connectivity index (χ0n) is 10.1. The summed E-state index contributed by atoms with van der Waals surface area (Å²) in [4.78, 5) is 0.313. The molecule has 2 aromatic heterocycles. The molecular formula is C13H12N2O3S. The summed E-state index contributed by atoms with van der Waals surface area (Å²) < 4.78 is 31.2. The van der Waals surface area contributed by atoms with E-state index in [0.29, 0.717) is 17.0 Å². The zero-order chi connectivity index (χ0) is 13.3. The minimum atomic E-state index is -3.31. The molecule has 5 nitrogen and oxygen atoms in total. The minimum Gasteiger partial charge on any atom is -0.464 e. The first-order valence-corrected chi connectivity index (χ1v) is 7.48. The van der Waals surface area contributed by atoms with Crippen molar-refractivity contribution in [3.8, 4) is 0 Å². The molecule has 0 radical (unpaired) electrons. The third-order valence-corrected chi connectivity index (χ3v) is 4.62. The van der Waals surface area contributed by atoms with Gasteiger partial charge in [0.2, 0.25) is 0 Å². The maximum atomic E-state index is 12.2. The molecule has 0 fully saturated rings. The summed E-state index contributed by atoms with van der Waals surface area (Å²) in [6.45, 7) is 0.346. The maximum absolute atomic E-state index is 12.2. The highest BCUT2D eigenvalue weighted by atomic mass is 32.2. The van der Waals surface area contributed by atoms with Gasteiger partial charge in [0.1, 0.15) is 5.58 Å². The monoisotopic (exact) mass is 276 g/mol. The summed E-state index contributed by atoms with van der Waals surface area (Å²) in [6.07, 6.45) is 4.92. The van der Waals surface area contributed by atoms with Crippen LogP contribution in [0.3, 0.4) is 0 Å². The number of sulfone groups is 1. The summed E-state index contributed by atoms with van der Waals surface area (Å²) in [6, 6.07) is 8.41. The molecule has 0 amide bonds. The van der Waals surface area contributed by atoms with Gasteiger partial charge in [0.15, 0.2) is 9.84 Å². The molecule has 0 atom stereocenters. The van der Waals surface area contributed by atoms with Gasteiger partial charge in [0.25, 0.3) is 0 Å². The van der Waals surface area contributed by atoms with Crippen molar-refractivity contribution in [3.05, 3.63) is 49.0 Å². The van der Waals surface area contributed by atoms with E-state index in [1.165, 1.54) is 0 Å². The minimum absolute atomic E-state index is 0.0258. The van der Waals surface area contributed by atoms with Crippen molar-refractivity contribution in [3.63, 3.8) is 0 Å². The van der Waals surface area contributed by atoms with Gasteiger partial charge in [0, 0.05) is 17.8 Å². The van der Waals surface area contributed by atoms with E-state index >= 15 is 0 Å². The second kappa shape index (κ2) is 4.55. The molecule has 0 saturated heterocycles. The van der Waals surface area contributed by atoms with Gasteiger partial charge in [-0.25, -0.2) is 8.42 Å². The first kappa shape index (κ1) is 12.0. The fourth-order valence-corrected chi connectivity index (χ4v) is 3.15. The highest BCUT2D eigenvalue weighted by molar-refractivity contribution is 7.91. The van der Waals surface area contributed by atoms with E-state index in [1.807, 2.05) is 0 Å². The van der Waals surface area contributed by atoms with Crippen molar-refractivity contribution < 1.29 is 12.8 Å². The Kier molecular flexibility index (Phi) is 2.87. The SMILES string of the molecule is O=S(=O)(CCn1cccn1)c1ccc2occc2c1. The number of furan rings is 1. The molecule has 98 valence electrons. The summed E-state index contributed by atoms with van der Waals surface area (Å²) in [5, 5.41) is 4.78. The number of aromatic nitrogens is 2. The average Bonchev–Trinajstić information content (AvgIpc) is 3.06. The van der Waals surface area contributed by atoms with Crippen LogP contribution in [0.5, 0.6) is 0 Å². The summed E-state index contributed by atoms with van der Waals surface area (Å²) in [7, 11) is -3.31. The van der Waals surface area contributed by atoms with Crippen LogP contribution >= 0.6 is 0 Å². The third-order valence-electron chi connectivity index (χ3n) is 2.93. The molecule has 3 aromatic rings. The van der Waals surface area contributed by atoms with Gasteiger partial charge < -0.3 is 4.42 Å². The van der Waals surface area contributed by atoms with Crippen molar-refractivity contribution in [1.82, 2.24) is 9.78 Å². The standard InChI is InChI=1S/C13H12N2O3S/c16-19(17,9-7-15-6-1-5-14-15)12-2-3-13-11(10-12)4-8-18-13/h1-6,8,10H,7,9H2. The van der Waals surface area contributed by atoms with Gasteiger partial charge >= 0.3 is 0 Å². The van der Waals surface area contributed by atoms with Crippen molar-refractivity contribution in [2.45, 2.75) is 11.4 Å². The lowest BCUT2D eigenvalue weighted by Gasteiger charge is -2.05. The van der Waals surface area contributed by atoms with Crippen LogP contribution in [0.25, 0.3) is 11.0 Å². The number of nitrogens with zero attached hydrogens (tertiary/aromatic N) is 2. The van der Waals surface area contributed by atoms with Crippen LogP contribution in [-0.2, 0) is 16.4 Å². The molecule has 0 spiro atoms. The highest BCUT2D eigenvalue weighted by Crippen LogP contribution is 2.20. The van der Waals surface area contributed by atoms with E-state index in [2.05, 4.69) is 5.10 Å². The molecule has 3 rings (SSSR count). The van der Waals surface area contributed by atoms with Crippen molar-refractivity contribution in [2.24, 2.45) is 0 Å². The molecule has 0 unspecified atom stereocenters. The Hall–Kier alpha value is -2.08. The Balaban J connectivity index is 1.86. The van der Waals surface area contributed by atoms with Crippen LogP contribution in [0.1, 0.15) is 0 Å². The van der Waals surface area contributed by atoms with Crippen LogP contribution in [-0.4, -0.2) is 24.0 Å². The van der Waals surface area contributed by atoms with Gasteiger partial charge in [-0.2, -0.15) is 5.10 Å². The van der Waals surface area contributed by atoms with E-state index < -0.39 is 9.84 Å². The normalized spacial score (nSPS) is 12.0. The fourth-order valence-electron chi connectivity index (χ4n) is 1.90. The zero-order valence-corrected chi connectivity index (χ0v) is 10.9. The van der Waals surface area contributed by atoms with E-state index in [9.17, 15) is 8.42 Å². The molecule has 0 aliphatic carbocycles. The number of fused-ring (bicyclic) bond motifs is 1. The van der Waals surface area contributed by atoms with Crippen LogP contribution < -0.4 is 0 Å². The van der Waals surface area contributed by atoms with Gasteiger partial charge in [0.05, 0.1) is 23.5 Å². The maximum Gasteiger partial charge on any atom is 0.180 e. The third kappa shape index (κ3) is 2.39. The predicted molar refractivity (Wildman–Crippen MR) is 70.5 cm³/mol. The highest BCUT2D eigenvalue weighted by Gasteiger charge is 2.15. The number of rotatable bonds is 4. The predicted octanol–water partition coefficient (Wildman–Crippen LogP) is 2.10. The van der Waals surface area contributed by atoms with E-state index in [-0.39, 0.29) is 5.75 Å². The number of hydrogen-bond donors (Lipinski definition) is 0. The molecule has 0 bridgehead atoms. The van der Waals surface area contributed by atoms with Crippen molar-refractivity contribution in [2.75, 3.05) is 5.75 Å². The molecule has 0 aliphatic rings. The van der Waals surface area contributed by atoms with Gasteiger partial charge in [-0.15, -0.1) is 0 Å². The molecule has 6 heteroatoms. The molecule has 0 saturated carbocycles. The lowest BCUT2D eigenvalue weighted by molar-refractivity contribution is 0.580. The van der Waals surface area contributed by atoms with E-state index in [4.69, 9.17) is 4.42 Å². The molecule has 0 N–H and O–H groups in total. The van der Waals surface area contributed by atoms with Crippen LogP contribution in [0.2, 0.25) is 0 Å². The van der Waals surface area contributed by atoms with Crippen LogP contribution in [0.15, 0.2) is 58.3 Å². The number of aryl methyl sites for hydroxylation is 1. The smallest absolute Gasteiger partial charge is 0.180 e. The second-order valence-electron chi connectivity index (χ2n) is 4.21. The van der Waals surface area contributed by atoms with E-state index in [0.717, 1.165) is 5.39 Å². The Morgan fingerprint density at radius 2 is 2.16 bits per heavy atom. The Labute approximate surface area is 110 Å². The summed E-state index contributed by atoms with van der Waals surface area (Å²) >= 11 is 0. The van der Waals surface area contributed by atoms with Crippen LogP contribution in [0.4, 0.5) is 0 Å². The molecular weight excluding hydrogens is 264 g/mol. The van der Waals surface area contributed by atoms with Gasteiger partial charge in [-0.3, -0.25) is 4.68 Å². The lowest BCUT2D eigenvalue weighted by atomic mass is 10.3.